The summed E-state index contributed by atoms with van der Waals surface area (Å²) in [6, 6.07) is 4.59. The Bertz CT molecular complexity index is 464. The minimum atomic E-state index is -0.507. The first-order valence-corrected chi connectivity index (χ1v) is 6.52. The normalized spacial score (nSPS) is 20.4. The van der Waals surface area contributed by atoms with E-state index in [1.54, 1.807) is 6.07 Å². The Morgan fingerprint density at radius 3 is 2.89 bits per heavy atom. The highest BCUT2D eigenvalue weighted by Crippen LogP contribution is 2.27. The molecule has 1 aliphatic heterocycles. The highest BCUT2D eigenvalue weighted by molar-refractivity contribution is 5.43. The zero-order chi connectivity index (χ0) is 13.8. The number of benzene rings is 1. The number of hydrogen-bond donors (Lipinski definition) is 2. The predicted molar refractivity (Wildman–Crippen MR) is 71.9 cm³/mol. The number of phenolic OH excluding ortho intramolecular Hbond substituents is 1. The smallest absolute Gasteiger partial charge is 0.273 e. The van der Waals surface area contributed by atoms with Gasteiger partial charge in [0, 0.05) is 30.8 Å². The van der Waals surface area contributed by atoms with E-state index in [1.165, 1.54) is 18.6 Å². The first kappa shape index (κ1) is 13.8. The van der Waals surface area contributed by atoms with Crippen LogP contribution in [-0.2, 0) is 6.54 Å². The van der Waals surface area contributed by atoms with Crippen molar-refractivity contribution in [3.8, 4) is 5.75 Å². The molecule has 1 saturated heterocycles. The standard InChI is InChI=1S/C13H19N3O3/c14-8-12-3-1-2-6-15(12)9-10-4-5-11(16(18)19)7-13(10)17/h4-5,7,12,17H,1-3,6,8-9,14H2. The number of likely N-dealkylation sites (tertiary alicyclic amines) is 1. The van der Waals surface area contributed by atoms with Crippen molar-refractivity contribution in [2.75, 3.05) is 13.1 Å². The summed E-state index contributed by atoms with van der Waals surface area (Å²) in [6.45, 7) is 2.15. The first-order valence-electron chi connectivity index (χ1n) is 6.52. The van der Waals surface area contributed by atoms with Gasteiger partial charge in [-0.25, -0.2) is 0 Å². The molecule has 1 aromatic rings. The van der Waals surface area contributed by atoms with Gasteiger partial charge in [-0.1, -0.05) is 6.42 Å². The van der Waals surface area contributed by atoms with E-state index >= 15 is 0 Å². The number of nitrogens with two attached hydrogens (primary N) is 1. The second kappa shape index (κ2) is 5.99. The van der Waals surface area contributed by atoms with Gasteiger partial charge in [0.25, 0.3) is 5.69 Å². The minimum absolute atomic E-state index is 0.0180. The fourth-order valence-electron chi connectivity index (χ4n) is 2.55. The van der Waals surface area contributed by atoms with E-state index < -0.39 is 4.92 Å². The summed E-state index contributed by atoms with van der Waals surface area (Å²) in [5, 5.41) is 20.5. The van der Waals surface area contributed by atoms with Gasteiger partial charge in [-0.05, 0) is 25.5 Å². The molecule has 1 aromatic carbocycles. The van der Waals surface area contributed by atoms with E-state index in [-0.39, 0.29) is 11.4 Å². The van der Waals surface area contributed by atoms with Gasteiger partial charge in [-0.15, -0.1) is 0 Å². The van der Waals surface area contributed by atoms with Gasteiger partial charge in [0.1, 0.15) is 5.75 Å². The molecule has 104 valence electrons. The summed E-state index contributed by atoms with van der Waals surface area (Å²) >= 11 is 0. The molecule has 0 radical (unpaired) electrons. The monoisotopic (exact) mass is 265 g/mol. The molecular formula is C13H19N3O3. The van der Waals surface area contributed by atoms with Crippen LogP contribution in [0.3, 0.4) is 0 Å². The number of aromatic hydroxyl groups is 1. The average molecular weight is 265 g/mol. The molecule has 0 aromatic heterocycles. The van der Waals surface area contributed by atoms with Gasteiger partial charge in [0.15, 0.2) is 0 Å². The second-order valence-electron chi connectivity index (χ2n) is 4.93. The molecule has 3 N–H and O–H groups in total. The maximum atomic E-state index is 10.6. The van der Waals surface area contributed by atoms with Crippen LogP contribution in [0, 0.1) is 10.1 Å². The molecule has 6 heteroatoms. The van der Waals surface area contributed by atoms with Crippen molar-refractivity contribution in [1.29, 1.82) is 0 Å². The van der Waals surface area contributed by atoms with Crippen molar-refractivity contribution in [3.05, 3.63) is 33.9 Å². The summed E-state index contributed by atoms with van der Waals surface area (Å²) in [6.07, 6.45) is 3.39. The number of nitro benzene ring substituents is 1. The van der Waals surface area contributed by atoms with Crippen LogP contribution in [0.2, 0.25) is 0 Å². The number of rotatable bonds is 4. The van der Waals surface area contributed by atoms with E-state index in [2.05, 4.69) is 4.90 Å². The number of phenols is 1. The number of nitrogens with zero attached hydrogens (tertiary/aromatic N) is 2. The van der Waals surface area contributed by atoms with E-state index in [0.29, 0.717) is 24.7 Å². The van der Waals surface area contributed by atoms with Gasteiger partial charge in [0.05, 0.1) is 11.0 Å². The Labute approximate surface area is 112 Å². The lowest BCUT2D eigenvalue weighted by atomic mass is 10.0. The number of nitro groups is 1. The summed E-state index contributed by atoms with van der Waals surface area (Å²) in [5.74, 6) is -0.0180. The van der Waals surface area contributed by atoms with Crippen LogP contribution < -0.4 is 5.73 Å². The maximum Gasteiger partial charge on any atom is 0.273 e. The molecule has 2 rings (SSSR count). The van der Waals surface area contributed by atoms with Crippen LogP contribution in [0.1, 0.15) is 24.8 Å². The van der Waals surface area contributed by atoms with Crippen molar-refractivity contribution in [1.82, 2.24) is 4.90 Å². The van der Waals surface area contributed by atoms with Crippen molar-refractivity contribution in [2.24, 2.45) is 5.73 Å². The van der Waals surface area contributed by atoms with Crippen molar-refractivity contribution in [3.63, 3.8) is 0 Å². The fraction of sp³-hybridized carbons (Fsp3) is 0.538. The molecule has 1 atom stereocenters. The van der Waals surface area contributed by atoms with Gasteiger partial charge in [-0.3, -0.25) is 15.0 Å². The molecule has 0 aliphatic carbocycles. The number of non-ortho nitro benzene ring substituents is 1. The summed E-state index contributed by atoms with van der Waals surface area (Å²) in [4.78, 5) is 12.4. The highest BCUT2D eigenvalue weighted by Gasteiger charge is 2.22. The van der Waals surface area contributed by atoms with Gasteiger partial charge in [0.2, 0.25) is 0 Å². The van der Waals surface area contributed by atoms with Crippen LogP contribution in [0.25, 0.3) is 0 Å². The zero-order valence-corrected chi connectivity index (χ0v) is 10.8. The Hall–Kier alpha value is -1.66. The Morgan fingerprint density at radius 2 is 2.26 bits per heavy atom. The molecule has 0 amide bonds. The third kappa shape index (κ3) is 3.21. The molecule has 1 fully saturated rings. The molecule has 0 bridgehead atoms. The van der Waals surface area contributed by atoms with Crippen LogP contribution in [0.4, 0.5) is 5.69 Å². The van der Waals surface area contributed by atoms with Gasteiger partial charge in [-0.2, -0.15) is 0 Å². The van der Waals surface area contributed by atoms with Crippen LogP contribution in [-0.4, -0.2) is 34.1 Å². The SMILES string of the molecule is NCC1CCCCN1Cc1ccc([N+](=O)[O-])cc1O. The van der Waals surface area contributed by atoms with E-state index in [0.717, 1.165) is 19.4 Å². The first-order chi connectivity index (χ1) is 9.11. The number of piperidine rings is 1. The van der Waals surface area contributed by atoms with E-state index in [1.807, 2.05) is 0 Å². The Balaban J connectivity index is 2.11. The second-order valence-corrected chi connectivity index (χ2v) is 4.93. The lowest BCUT2D eigenvalue weighted by Gasteiger charge is -2.35. The molecule has 1 heterocycles. The Morgan fingerprint density at radius 1 is 1.47 bits per heavy atom. The number of hydrogen-bond acceptors (Lipinski definition) is 5. The Kier molecular flexibility index (Phi) is 4.34. The van der Waals surface area contributed by atoms with E-state index in [4.69, 9.17) is 5.73 Å². The lowest BCUT2D eigenvalue weighted by Crippen LogP contribution is -2.43. The third-order valence-corrected chi connectivity index (χ3v) is 3.67. The molecule has 0 spiro atoms. The summed E-state index contributed by atoms with van der Waals surface area (Å²) in [7, 11) is 0. The fourth-order valence-corrected chi connectivity index (χ4v) is 2.55. The molecule has 6 nitrogen and oxygen atoms in total. The zero-order valence-electron chi connectivity index (χ0n) is 10.8. The van der Waals surface area contributed by atoms with Gasteiger partial charge >= 0.3 is 0 Å². The molecule has 1 aliphatic rings. The third-order valence-electron chi connectivity index (χ3n) is 3.67. The van der Waals surface area contributed by atoms with Crippen LogP contribution in [0.5, 0.6) is 5.75 Å². The maximum absolute atomic E-state index is 10.6. The van der Waals surface area contributed by atoms with Crippen molar-refractivity contribution >= 4 is 5.69 Å². The minimum Gasteiger partial charge on any atom is -0.507 e. The van der Waals surface area contributed by atoms with Gasteiger partial charge < -0.3 is 10.8 Å². The van der Waals surface area contributed by atoms with Crippen molar-refractivity contribution in [2.45, 2.75) is 31.8 Å². The average Bonchev–Trinajstić information content (AvgIpc) is 2.41. The van der Waals surface area contributed by atoms with Crippen molar-refractivity contribution < 1.29 is 10.0 Å². The van der Waals surface area contributed by atoms with Crippen LogP contribution in [0.15, 0.2) is 18.2 Å². The molecule has 19 heavy (non-hydrogen) atoms. The lowest BCUT2D eigenvalue weighted by molar-refractivity contribution is -0.384. The largest absolute Gasteiger partial charge is 0.507 e. The molecule has 1 unspecified atom stereocenters. The molecule has 0 saturated carbocycles. The van der Waals surface area contributed by atoms with Crippen LogP contribution >= 0.6 is 0 Å². The topological polar surface area (TPSA) is 92.6 Å². The predicted octanol–water partition coefficient (Wildman–Crippen LogP) is 1.61. The summed E-state index contributed by atoms with van der Waals surface area (Å²) in [5.41, 5.74) is 6.38. The quantitative estimate of drug-likeness (QED) is 0.637. The molecular weight excluding hydrogens is 246 g/mol. The van der Waals surface area contributed by atoms with E-state index in [9.17, 15) is 15.2 Å². The summed E-state index contributed by atoms with van der Waals surface area (Å²) < 4.78 is 0. The highest BCUT2D eigenvalue weighted by atomic mass is 16.6.